The van der Waals surface area contributed by atoms with E-state index in [1.54, 1.807) is 24.3 Å². The fourth-order valence-electron chi connectivity index (χ4n) is 3.39. The third-order valence-electron chi connectivity index (χ3n) is 4.81. The second-order valence-corrected chi connectivity index (χ2v) is 6.54. The van der Waals surface area contributed by atoms with Crippen LogP contribution in [-0.2, 0) is 19.1 Å². The summed E-state index contributed by atoms with van der Waals surface area (Å²) in [6.07, 6.45) is 3.05. The lowest BCUT2D eigenvalue weighted by atomic mass is 9.81. The zero-order chi connectivity index (χ0) is 21.8. The molecule has 0 saturated carbocycles. The Morgan fingerprint density at radius 1 is 1.07 bits per heavy atom. The van der Waals surface area contributed by atoms with Crippen molar-refractivity contribution < 1.29 is 19.1 Å². The first kappa shape index (κ1) is 20.6. The molecule has 0 amide bonds. The van der Waals surface area contributed by atoms with Crippen LogP contribution in [0.1, 0.15) is 17.0 Å². The van der Waals surface area contributed by atoms with Crippen LogP contribution in [-0.4, -0.2) is 31.1 Å². The highest BCUT2D eigenvalue weighted by molar-refractivity contribution is 6.06. The number of nitrogens with two attached hydrogens (primary N) is 1. The molecule has 8 nitrogen and oxygen atoms in total. The maximum Gasteiger partial charge on any atom is 0.355 e. The Balaban J connectivity index is 2.39. The lowest BCUT2D eigenvalue weighted by Gasteiger charge is -2.35. The van der Waals surface area contributed by atoms with Gasteiger partial charge in [0.2, 0.25) is 0 Å². The molecule has 2 N–H and O–H groups in total. The van der Waals surface area contributed by atoms with Crippen LogP contribution in [0, 0.1) is 18.3 Å². The van der Waals surface area contributed by atoms with Gasteiger partial charge in [0.1, 0.15) is 11.5 Å². The van der Waals surface area contributed by atoms with E-state index in [-0.39, 0.29) is 22.7 Å². The molecule has 0 saturated heterocycles. The van der Waals surface area contributed by atoms with E-state index in [4.69, 9.17) is 15.2 Å². The van der Waals surface area contributed by atoms with Crippen LogP contribution in [0.4, 0.5) is 5.69 Å². The number of carbonyl (C=O) groups excluding carboxylic acids is 2. The predicted molar refractivity (Wildman–Crippen MR) is 109 cm³/mol. The molecular formula is C22H20N4O4. The summed E-state index contributed by atoms with van der Waals surface area (Å²) >= 11 is 0. The topological polar surface area (TPSA) is 119 Å². The van der Waals surface area contributed by atoms with Gasteiger partial charge in [-0.2, -0.15) is 5.26 Å². The van der Waals surface area contributed by atoms with E-state index in [0.29, 0.717) is 11.3 Å². The number of nitriles is 1. The number of aryl methyl sites for hydroxylation is 1. The summed E-state index contributed by atoms with van der Waals surface area (Å²) in [7, 11) is 2.41. The minimum Gasteiger partial charge on any atom is -0.466 e. The van der Waals surface area contributed by atoms with Crippen LogP contribution in [0.2, 0.25) is 0 Å². The average molecular weight is 404 g/mol. The molecule has 2 aromatic rings. The average Bonchev–Trinajstić information content (AvgIpc) is 2.78. The summed E-state index contributed by atoms with van der Waals surface area (Å²) in [4.78, 5) is 31.1. The van der Waals surface area contributed by atoms with E-state index >= 15 is 0 Å². The van der Waals surface area contributed by atoms with E-state index in [1.165, 1.54) is 31.5 Å². The van der Waals surface area contributed by atoms with E-state index in [2.05, 4.69) is 11.1 Å². The van der Waals surface area contributed by atoms with Crippen molar-refractivity contribution in [1.82, 2.24) is 4.98 Å². The predicted octanol–water partition coefficient (Wildman–Crippen LogP) is 2.29. The highest BCUT2D eigenvalue weighted by Gasteiger charge is 2.42. The zero-order valence-electron chi connectivity index (χ0n) is 16.7. The smallest absolute Gasteiger partial charge is 0.355 e. The maximum absolute atomic E-state index is 12.9. The first-order valence-corrected chi connectivity index (χ1v) is 9.01. The molecule has 3 rings (SSSR count). The molecule has 1 aromatic heterocycles. The van der Waals surface area contributed by atoms with Crippen molar-refractivity contribution in [3.63, 3.8) is 0 Å². The summed E-state index contributed by atoms with van der Waals surface area (Å²) in [6.45, 7) is 1.91. The van der Waals surface area contributed by atoms with E-state index in [9.17, 15) is 14.9 Å². The van der Waals surface area contributed by atoms with Crippen LogP contribution in [0.25, 0.3) is 0 Å². The van der Waals surface area contributed by atoms with Gasteiger partial charge in [-0.15, -0.1) is 0 Å². The molecule has 1 unspecified atom stereocenters. The first-order chi connectivity index (χ1) is 14.4. The highest BCUT2D eigenvalue weighted by Crippen LogP contribution is 2.42. The normalized spacial score (nSPS) is 16.2. The van der Waals surface area contributed by atoms with Crippen molar-refractivity contribution in [3.05, 3.63) is 82.6 Å². The summed E-state index contributed by atoms with van der Waals surface area (Å²) < 4.78 is 9.95. The molecule has 1 aromatic carbocycles. The largest absolute Gasteiger partial charge is 0.466 e. The van der Waals surface area contributed by atoms with Gasteiger partial charge in [0, 0.05) is 18.1 Å². The number of methoxy groups -OCH3 is 2. The number of nitrogens with zero attached hydrogens (tertiary/aromatic N) is 3. The van der Waals surface area contributed by atoms with Crippen molar-refractivity contribution >= 4 is 17.6 Å². The summed E-state index contributed by atoms with van der Waals surface area (Å²) in [5.41, 5.74) is 8.41. The molecule has 2 heterocycles. The Hall–Kier alpha value is -4.12. The Morgan fingerprint density at radius 2 is 1.67 bits per heavy atom. The molecule has 152 valence electrons. The quantitative estimate of drug-likeness (QED) is 0.771. The number of hydrogen-bond acceptors (Lipinski definition) is 8. The summed E-state index contributed by atoms with van der Waals surface area (Å²) in [5.74, 6) is -2.44. The van der Waals surface area contributed by atoms with Crippen molar-refractivity contribution in [3.8, 4) is 6.07 Å². The Morgan fingerprint density at radius 3 is 2.20 bits per heavy atom. The Bertz CT molecular complexity index is 1080. The van der Waals surface area contributed by atoms with Crippen molar-refractivity contribution in [2.75, 3.05) is 19.1 Å². The molecule has 0 spiro atoms. The van der Waals surface area contributed by atoms with Gasteiger partial charge in [-0.05, 0) is 36.8 Å². The van der Waals surface area contributed by atoms with Gasteiger partial charge in [-0.3, -0.25) is 9.88 Å². The standard InChI is InChI=1S/C22H20N4O4/c1-13-4-6-15(7-5-13)26-19(22(28)30-3)18(21(27)29-2)17(16(12-23)20(26)24)14-8-10-25-11-9-14/h4-11,17H,24H2,1-3H3. The monoisotopic (exact) mass is 404 g/mol. The third-order valence-corrected chi connectivity index (χ3v) is 4.81. The van der Waals surface area contributed by atoms with Crippen molar-refractivity contribution in [1.29, 1.82) is 5.26 Å². The fraction of sp³-hybridized carbons (Fsp3) is 0.182. The van der Waals surface area contributed by atoms with Gasteiger partial charge in [0.05, 0.1) is 37.4 Å². The molecule has 0 fully saturated rings. The number of allylic oxidation sites excluding steroid dienone is 1. The summed E-state index contributed by atoms with van der Waals surface area (Å²) in [6, 6.07) is 12.5. The fourth-order valence-corrected chi connectivity index (χ4v) is 3.39. The third kappa shape index (κ3) is 3.49. The van der Waals surface area contributed by atoms with E-state index < -0.39 is 17.9 Å². The number of benzene rings is 1. The Labute approximate surface area is 173 Å². The SMILES string of the molecule is COC(=O)C1=C(C(=O)OC)N(c2ccc(C)cc2)C(N)=C(C#N)C1c1ccncc1. The lowest BCUT2D eigenvalue weighted by Crippen LogP contribution is -2.40. The number of hydrogen-bond donors (Lipinski definition) is 1. The molecule has 1 aliphatic heterocycles. The number of carbonyl (C=O) groups is 2. The van der Waals surface area contributed by atoms with Gasteiger partial charge in [-0.25, -0.2) is 9.59 Å². The Kier molecular flexibility index (Phi) is 5.83. The molecule has 1 atom stereocenters. The lowest BCUT2D eigenvalue weighted by molar-refractivity contribution is -0.139. The van der Waals surface area contributed by atoms with Crippen LogP contribution in [0.15, 0.2) is 71.5 Å². The van der Waals surface area contributed by atoms with Gasteiger partial charge in [-0.1, -0.05) is 17.7 Å². The molecule has 0 aliphatic carbocycles. The van der Waals surface area contributed by atoms with Gasteiger partial charge in [0.25, 0.3) is 0 Å². The molecule has 0 bridgehead atoms. The van der Waals surface area contributed by atoms with Gasteiger partial charge < -0.3 is 15.2 Å². The van der Waals surface area contributed by atoms with Crippen molar-refractivity contribution in [2.24, 2.45) is 5.73 Å². The van der Waals surface area contributed by atoms with Gasteiger partial charge in [0.15, 0.2) is 0 Å². The van der Waals surface area contributed by atoms with Crippen LogP contribution in [0.5, 0.6) is 0 Å². The van der Waals surface area contributed by atoms with Gasteiger partial charge >= 0.3 is 11.9 Å². The van der Waals surface area contributed by atoms with E-state index in [1.807, 2.05) is 19.1 Å². The molecular weight excluding hydrogens is 384 g/mol. The minimum absolute atomic E-state index is 0.0243. The molecule has 8 heteroatoms. The highest BCUT2D eigenvalue weighted by atomic mass is 16.5. The summed E-state index contributed by atoms with van der Waals surface area (Å²) in [5, 5.41) is 9.94. The van der Waals surface area contributed by atoms with Crippen LogP contribution < -0.4 is 10.6 Å². The van der Waals surface area contributed by atoms with Crippen LogP contribution >= 0.6 is 0 Å². The molecule has 1 aliphatic rings. The van der Waals surface area contributed by atoms with Crippen molar-refractivity contribution in [2.45, 2.75) is 12.8 Å². The second kappa shape index (κ2) is 8.49. The van der Waals surface area contributed by atoms with E-state index in [0.717, 1.165) is 5.56 Å². The number of anilines is 1. The first-order valence-electron chi connectivity index (χ1n) is 9.01. The number of esters is 2. The van der Waals surface area contributed by atoms with Crippen LogP contribution in [0.3, 0.4) is 0 Å². The minimum atomic E-state index is -0.916. The number of pyridine rings is 1. The zero-order valence-corrected chi connectivity index (χ0v) is 16.7. The molecule has 30 heavy (non-hydrogen) atoms. The number of aromatic nitrogens is 1. The number of rotatable bonds is 4. The maximum atomic E-state index is 12.9. The number of ether oxygens (including phenoxy) is 2. The molecule has 0 radical (unpaired) electrons. The second-order valence-electron chi connectivity index (χ2n) is 6.54.